The fraction of sp³-hybridized carbons (Fsp3) is 0.190. The highest BCUT2D eigenvalue weighted by Gasteiger charge is 2.30. The lowest BCUT2D eigenvalue weighted by Gasteiger charge is -2.26. The third kappa shape index (κ3) is 4.76. The summed E-state index contributed by atoms with van der Waals surface area (Å²) in [6.45, 7) is 5.08. The molecule has 0 bridgehead atoms. The Morgan fingerprint density at radius 3 is 2.63 bits per heavy atom. The van der Waals surface area contributed by atoms with E-state index in [9.17, 15) is 24.8 Å². The SMILES string of the molecule is CC(C)(C)OC(=O)N(c1nnc(-c2cccc([N+](=O)[O-])c2)s1)c1ccc2c(cnn2C(=O)O)c1Cl. The predicted molar refractivity (Wildman–Crippen MR) is 129 cm³/mol. The van der Waals surface area contributed by atoms with Crippen LogP contribution < -0.4 is 4.90 Å². The van der Waals surface area contributed by atoms with Crippen LogP contribution in [-0.4, -0.2) is 47.8 Å². The molecule has 0 aliphatic heterocycles. The van der Waals surface area contributed by atoms with Crippen LogP contribution in [0.4, 0.5) is 26.1 Å². The lowest BCUT2D eigenvalue weighted by atomic mass is 10.2. The zero-order valence-corrected chi connectivity index (χ0v) is 20.1. The number of halogens is 1. The number of hydrogen-bond acceptors (Lipinski definition) is 9. The fourth-order valence-electron chi connectivity index (χ4n) is 3.14. The Bertz CT molecular complexity index is 1480. The first kappa shape index (κ1) is 24.0. The van der Waals surface area contributed by atoms with E-state index in [1.54, 1.807) is 26.8 Å². The summed E-state index contributed by atoms with van der Waals surface area (Å²) in [6, 6.07) is 8.76. The molecular weight excluding hydrogens is 500 g/mol. The van der Waals surface area contributed by atoms with Crippen LogP contribution in [0.25, 0.3) is 21.5 Å². The van der Waals surface area contributed by atoms with Crippen molar-refractivity contribution < 1.29 is 24.4 Å². The molecule has 0 spiro atoms. The molecule has 35 heavy (non-hydrogen) atoms. The Morgan fingerprint density at radius 2 is 1.97 bits per heavy atom. The Balaban J connectivity index is 1.83. The lowest BCUT2D eigenvalue weighted by Crippen LogP contribution is -2.34. The number of nitrogens with zero attached hydrogens (tertiary/aromatic N) is 6. The van der Waals surface area contributed by atoms with Crippen molar-refractivity contribution in [3.05, 3.63) is 57.7 Å². The summed E-state index contributed by atoms with van der Waals surface area (Å²) in [7, 11) is 0. The Morgan fingerprint density at radius 1 is 1.23 bits per heavy atom. The van der Waals surface area contributed by atoms with E-state index in [-0.39, 0.29) is 27.0 Å². The van der Waals surface area contributed by atoms with Gasteiger partial charge >= 0.3 is 12.2 Å². The van der Waals surface area contributed by atoms with E-state index in [4.69, 9.17) is 16.3 Å². The Hall–Kier alpha value is -4.10. The molecule has 0 atom stereocenters. The van der Waals surface area contributed by atoms with E-state index in [1.165, 1.54) is 36.5 Å². The molecule has 2 aromatic carbocycles. The number of aromatic nitrogens is 4. The van der Waals surface area contributed by atoms with Crippen LogP contribution in [-0.2, 0) is 4.74 Å². The van der Waals surface area contributed by atoms with Gasteiger partial charge in [-0.1, -0.05) is 35.1 Å². The van der Waals surface area contributed by atoms with Gasteiger partial charge in [0.15, 0.2) is 0 Å². The van der Waals surface area contributed by atoms with Gasteiger partial charge in [0, 0.05) is 23.1 Å². The number of anilines is 2. The number of nitro benzene ring substituents is 1. The van der Waals surface area contributed by atoms with Crippen LogP contribution in [0, 0.1) is 10.1 Å². The first-order valence-corrected chi connectivity index (χ1v) is 11.2. The maximum Gasteiger partial charge on any atom is 0.432 e. The normalized spacial score (nSPS) is 11.4. The summed E-state index contributed by atoms with van der Waals surface area (Å²) in [6.07, 6.45) is -0.818. The zero-order chi connectivity index (χ0) is 25.5. The first-order chi connectivity index (χ1) is 16.5. The standard InChI is InChI=1S/C21H17ClN6O6S/c1-21(2,3)34-20(31)26(15-8-7-14-13(16(15)22)10-23-27(14)19(29)30)18-25-24-17(35-18)11-5-4-6-12(9-11)28(32)33/h4-10H,1-3H3,(H,29,30). The number of hydrogen-bond donors (Lipinski definition) is 1. The molecule has 12 nitrogen and oxygen atoms in total. The highest BCUT2D eigenvalue weighted by molar-refractivity contribution is 7.18. The second kappa shape index (κ2) is 8.92. The first-order valence-electron chi connectivity index (χ1n) is 9.97. The second-order valence-electron chi connectivity index (χ2n) is 8.18. The van der Waals surface area contributed by atoms with Gasteiger partial charge in [-0.15, -0.1) is 10.2 Å². The fourth-order valence-corrected chi connectivity index (χ4v) is 4.28. The van der Waals surface area contributed by atoms with Crippen LogP contribution in [0.3, 0.4) is 0 Å². The maximum absolute atomic E-state index is 13.2. The van der Waals surface area contributed by atoms with Gasteiger partial charge in [0.1, 0.15) is 10.6 Å². The molecule has 0 unspecified atom stereocenters. The highest BCUT2D eigenvalue weighted by atomic mass is 35.5. The molecule has 0 saturated carbocycles. The Labute approximate surface area is 206 Å². The van der Waals surface area contributed by atoms with Crippen molar-refractivity contribution in [3.63, 3.8) is 0 Å². The third-order valence-electron chi connectivity index (χ3n) is 4.57. The number of rotatable bonds is 4. The number of carboxylic acid groups (broad SMARTS) is 1. The van der Waals surface area contributed by atoms with Gasteiger partial charge in [0.05, 0.1) is 27.3 Å². The molecule has 4 aromatic rings. The molecule has 0 aliphatic carbocycles. The van der Waals surface area contributed by atoms with Crippen molar-refractivity contribution >= 4 is 62.5 Å². The van der Waals surface area contributed by atoms with Crippen LogP contribution in [0.2, 0.25) is 5.02 Å². The number of amides is 1. The molecule has 0 radical (unpaired) electrons. The summed E-state index contributed by atoms with van der Waals surface area (Å²) in [5.74, 6) is 0. The number of carbonyl (C=O) groups excluding carboxylic acids is 1. The van der Waals surface area contributed by atoms with Gasteiger partial charge in [-0.05, 0) is 32.9 Å². The van der Waals surface area contributed by atoms with E-state index in [1.807, 2.05) is 0 Å². The van der Waals surface area contributed by atoms with Crippen LogP contribution >= 0.6 is 22.9 Å². The molecule has 0 aliphatic rings. The molecule has 2 heterocycles. The van der Waals surface area contributed by atoms with E-state index in [0.717, 1.165) is 20.9 Å². The van der Waals surface area contributed by atoms with Gasteiger partial charge < -0.3 is 9.84 Å². The minimum absolute atomic E-state index is 0.0490. The molecule has 2 aromatic heterocycles. The summed E-state index contributed by atoms with van der Waals surface area (Å²) in [4.78, 5) is 36.4. The maximum atomic E-state index is 13.2. The minimum Gasteiger partial charge on any atom is -0.463 e. The lowest BCUT2D eigenvalue weighted by molar-refractivity contribution is -0.384. The van der Waals surface area contributed by atoms with Crippen molar-refractivity contribution in [2.45, 2.75) is 26.4 Å². The van der Waals surface area contributed by atoms with Gasteiger partial charge in [0.25, 0.3) is 5.69 Å². The van der Waals surface area contributed by atoms with Crippen molar-refractivity contribution in [2.24, 2.45) is 0 Å². The number of fused-ring (bicyclic) bond motifs is 1. The van der Waals surface area contributed by atoms with Crippen molar-refractivity contribution in [1.29, 1.82) is 0 Å². The summed E-state index contributed by atoms with van der Waals surface area (Å²) < 4.78 is 6.31. The molecule has 4 rings (SSSR count). The summed E-state index contributed by atoms with van der Waals surface area (Å²) >= 11 is 7.58. The summed E-state index contributed by atoms with van der Waals surface area (Å²) in [5.41, 5.74) is -0.137. The second-order valence-corrected chi connectivity index (χ2v) is 9.52. The largest absolute Gasteiger partial charge is 0.463 e. The number of ether oxygens (including phenoxy) is 1. The van der Waals surface area contributed by atoms with E-state index < -0.39 is 22.7 Å². The Kier molecular flexibility index (Phi) is 6.13. The predicted octanol–water partition coefficient (Wildman–Crippen LogP) is 5.72. The molecule has 14 heteroatoms. The number of nitro groups is 1. The zero-order valence-electron chi connectivity index (χ0n) is 18.5. The van der Waals surface area contributed by atoms with Crippen molar-refractivity contribution in [1.82, 2.24) is 20.0 Å². The minimum atomic E-state index is -1.29. The van der Waals surface area contributed by atoms with Gasteiger partial charge in [-0.2, -0.15) is 9.78 Å². The van der Waals surface area contributed by atoms with E-state index in [0.29, 0.717) is 16.0 Å². The summed E-state index contributed by atoms with van der Waals surface area (Å²) in [5, 5.41) is 33.2. The average Bonchev–Trinajstić information content (AvgIpc) is 3.42. The van der Waals surface area contributed by atoms with Crippen molar-refractivity contribution in [2.75, 3.05) is 4.90 Å². The molecule has 1 N–H and O–H groups in total. The highest BCUT2D eigenvalue weighted by Crippen LogP contribution is 2.40. The van der Waals surface area contributed by atoms with Crippen LogP contribution in [0.5, 0.6) is 0 Å². The van der Waals surface area contributed by atoms with Crippen LogP contribution in [0.1, 0.15) is 20.8 Å². The average molecular weight is 517 g/mol. The van der Waals surface area contributed by atoms with Gasteiger partial charge in [-0.3, -0.25) is 10.1 Å². The van der Waals surface area contributed by atoms with Gasteiger partial charge in [-0.25, -0.2) is 14.5 Å². The van der Waals surface area contributed by atoms with E-state index in [2.05, 4.69) is 15.3 Å². The van der Waals surface area contributed by atoms with E-state index >= 15 is 0 Å². The monoisotopic (exact) mass is 516 g/mol. The van der Waals surface area contributed by atoms with Gasteiger partial charge in [0.2, 0.25) is 5.13 Å². The van der Waals surface area contributed by atoms with Crippen LogP contribution in [0.15, 0.2) is 42.6 Å². The van der Waals surface area contributed by atoms with Crippen molar-refractivity contribution in [3.8, 4) is 10.6 Å². The quantitative estimate of drug-likeness (QED) is 0.265. The smallest absolute Gasteiger partial charge is 0.432 e. The molecular formula is C21H17ClN6O6S. The molecule has 1 amide bonds. The molecule has 0 saturated heterocycles. The molecule has 0 fully saturated rings. The number of carbonyl (C=O) groups is 2. The number of non-ortho nitro benzene ring substituents is 1. The topological polar surface area (TPSA) is 154 Å². The molecule has 180 valence electrons. The third-order valence-corrected chi connectivity index (χ3v) is 5.93. The number of benzene rings is 2.